The van der Waals surface area contributed by atoms with Crippen LogP contribution < -0.4 is 0 Å². The summed E-state index contributed by atoms with van der Waals surface area (Å²) >= 11 is 0. The summed E-state index contributed by atoms with van der Waals surface area (Å²) < 4.78 is 0. The van der Waals surface area contributed by atoms with Crippen LogP contribution in [0.4, 0.5) is 0 Å². The van der Waals surface area contributed by atoms with Gasteiger partial charge in [-0.25, -0.2) is 0 Å². The van der Waals surface area contributed by atoms with Crippen molar-refractivity contribution in [1.82, 2.24) is 0 Å². The van der Waals surface area contributed by atoms with E-state index in [4.69, 9.17) is 0 Å². The molecule has 72 valence electrons. The van der Waals surface area contributed by atoms with Crippen LogP contribution in [0.1, 0.15) is 26.2 Å². The van der Waals surface area contributed by atoms with Gasteiger partial charge < -0.3 is 9.59 Å². The summed E-state index contributed by atoms with van der Waals surface area (Å²) in [5.74, 6) is 0.136. The fraction of sp³-hybridized carbons (Fsp3) is 0.444. The molecule has 2 nitrogen and oxygen atoms in total. The van der Waals surface area contributed by atoms with Crippen molar-refractivity contribution in [3.05, 3.63) is 17.6 Å². The van der Waals surface area contributed by atoms with Crippen molar-refractivity contribution in [1.29, 1.82) is 0 Å². The van der Waals surface area contributed by atoms with Gasteiger partial charge in [0, 0.05) is 48.4 Å². The average molecular weight is 519 g/mol. The Kier molecular flexibility index (Phi) is 9.35. The Morgan fingerprint density at radius 1 is 1.46 bits per heavy atom. The number of carbonyl (C=O) groups excluding carboxylic acids is 2. The summed E-state index contributed by atoms with van der Waals surface area (Å²) in [6.07, 6.45) is 4.57. The number of Topliss-reactive ketones (excluding diaryl/α,β-unsaturated/α-hetero) is 1. The van der Waals surface area contributed by atoms with E-state index in [0.29, 0.717) is 24.0 Å². The van der Waals surface area contributed by atoms with Gasteiger partial charge in [-0.1, -0.05) is 19.8 Å². The number of allylic oxidation sites excluding steroid dienone is 2. The second kappa shape index (κ2) is 7.70. The van der Waals surface area contributed by atoms with Gasteiger partial charge in [-0.15, -0.1) is 11.1 Å². The van der Waals surface area contributed by atoms with E-state index in [0.717, 1.165) is 12.7 Å². The van der Waals surface area contributed by atoms with Gasteiger partial charge in [0.2, 0.25) is 0 Å². The van der Waals surface area contributed by atoms with Gasteiger partial charge in [-0.05, 0) is 6.42 Å². The molecular weight excluding hydrogens is 508 g/mol. The van der Waals surface area contributed by atoms with Crippen LogP contribution in [0.3, 0.4) is 0 Å². The summed E-state index contributed by atoms with van der Waals surface area (Å²) in [5.41, 5.74) is 1.30. The third kappa shape index (κ3) is 3.91. The van der Waals surface area contributed by atoms with E-state index in [9.17, 15) is 9.59 Å². The summed E-state index contributed by atoms with van der Waals surface area (Å²) in [4.78, 5) is 21.6. The maximum atomic E-state index is 11.2. The van der Waals surface area contributed by atoms with Crippen LogP contribution >= 0.6 is 0 Å². The largest absolute Gasteiger partial charge is 0.374 e. The molecule has 0 unspecified atom stereocenters. The molecular formula is C9H11O2W2-. The van der Waals surface area contributed by atoms with E-state index in [1.165, 1.54) is 0 Å². The van der Waals surface area contributed by atoms with Crippen molar-refractivity contribution in [2.45, 2.75) is 26.2 Å². The standard InChI is InChI=1S/C9H11O2.2W/c1-2-8-7(6-10)4-3-5-9(8)11;;/h4,6H,2-3,5H2,1H3;;/q-1;;. The van der Waals surface area contributed by atoms with Crippen LogP contribution in [0.5, 0.6) is 0 Å². The van der Waals surface area contributed by atoms with Gasteiger partial charge in [-0.2, -0.15) is 6.42 Å². The second-order valence-corrected chi connectivity index (χ2v) is 2.57. The van der Waals surface area contributed by atoms with Crippen molar-refractivity contribution in [3.8, 4) is 0 Å². The van der Waals surface area contributed by atoms with Gasteiger partial charge >= 0.3 is 0 Å². The average Bonchev–Trinajstić information content (AvgIpc) is 2.04. The summed E-state index contributed by atoms with van der Waals surface area (Å²) in [5, 5.41) is 0. The number of aldehydes is 1. The Morgan fingerprint density at radius 3 is 2.46 bits per heavy atom. The first kappa shape index (κ1) is 15.8. The summed E-state index contributed by atoms with van der Waals surface area (Å²) in [6, 6.07) is 0. The molecule has 0 aromatic carbocycles. The second-order valence-electron chi connectivity index (χ2n) is 2.57. The first-order chi connectivity index (χ1) is 5.29. The number of hydrogen-bond donors (Lipinski definition) is 0. The van der Waals surface area contributed by atoms with Crippen LogP contribution in [0.25, 0.3) is 0 Å². The third-order valence-electron chi connectivity index (χ3n) is 1.90. The van der Waals surface area contributed by atoms with E-state index in [1.54, 1.807) is 0 Å². The smallest absolute Gasteiger partial charge is 0.104 e. The number of carbonyl (C=O) groups is 2. The first-order valence-electron chi connectivity index (χ1n) is 3.84. The maximum Gasteiger partial charge on any atom is 0.104 e. The van der Waals surface area contributed by atoms with Gasteiger partial charge in [0.05, 0.1) is 0 Å². The molecule has 0 aliphatic heterocycles. The predicted octanol–water partition coefficient (Wildman–Crippen LogP) is 1.45. The number of hydrogen-bond acceptors (Lipinski definition) is 2. The minimum absolute atomic E-state index is 0. The molecule has 0 saturated carbocycles. The summed E-state index contributed by atoms with van der Waals surface area (Å²) in [6.45, 7) is 1.90. The maximum absolute atomic E-state index is 11.2. The molecule has 1 rings (SSSR count). The van der Waals surface area contributed by atoms with E-state index >= 15 is 0 Å². The molecule has 1 aliphatic carbocycles. The number of rotatable bonds is 2. The van der Waals surface area contributed by atoms with Crippen LogP contribution in [-0.4, -0.2) is 12.1 Å². The van der Waals surface area contributed by atoms with E-state index in [1.807, 2.05) is 13.3 Å². The molecule has 0 aromatic heterocycles. The van der Waals surface area contributed by atoms with Crippen LogP contribution in [0.15, 0.2) is 11.1 Å². The molecule has 0 heterocycles. The number of ketones is 1. The molecule has 0 spiro atoms. The molecule has 0 atom stereocenters. The van der Waals surface area contributed by atoms with Gasteiger partial charge in [0.25, 0.3) is 0 Å². The Hall–Kier alpha value is 0.327. The fourth-order valence-corrected chi connectivity index (χ4v) is 1.31. The predicted molar refractivity (Wildman–Crippen MR) is 41.9 cm³/mol. The molecule has 0 bridgehead atoms. The van der Waals surface area contributed by atoms with Crippen molar-refractivity contribution in [2.24, 2.45) is 0 Å². The van der Waals surface area contributed by atoms with Crippen LogP contribution in [0, 0.1) is 6.42 Å². The SMILES string of the molecule is CCC1=C(C=O)[CH-]CCC1=O.[W].[W]. The van der Waals surface area contributed by atoms with Crippen molar-refractivity contribution in [3.63, 3.8) is 0 Å². The minimum Gasteiger partial charge on any atom is -0.374 e. The van der Waals surface area contributed by atoms with E-state index < -0.39 is 0 Å². The molecule has 4 heteroatoms. The van der Waals surface area contributed by atoms with Gasteiger partial charge in [-0.3, -0.25) is 0 Å². The molecule has 0 aromatic rings. The Balaban J connectivity index is 0. The molecule has 0 saturated heterocycles. The topological polar surface area (TPSA) is 34.1 Å². The molecule has 0 radical (unpaired) electrons. The van der Waals surface area contributed by atoms with Crippen molar-refractivity contribution >= 4 is 12.1 Å². The zero-order valence-corrected chi connectivity index (χ0v) is 13.3. The normalized spacial score (nSPS) is 15.3. The van der Waals surface area contributed by atoms with E-state index in [2.05, 4.69) is 0 Å². The summed E-state index contributed by atoms with van der Waals surface area (Å²) in [7, 11) is 0. The minimum atomic E-state index is 0. The van der Waals surface area contributed by atoms with Crippen molar-refractivity contribution in [2.75, 3.05) is 0 Å². The third-order valence-corrected chi connectivity index (χ3v) is 1.90. The molecule has 0 amide bonds. The zero-order chi connectivity index (χ0) is 8.27. The quantitative estimate of drug-likeness (QED) is 0.410. The molecule has 0 fully saturated rings. The van der Waals surface area contributed by atoms with Crippen molar-refractivity contribution < 1.29 is 51.7 Å². The van der Waals surface area contributed by atoms with E-state index in [-0.39, 0.29) is 47.9 Å². The Morgan fingerprint density at radius 2 is 2.08 bits per heavy atom. The van der Waals surface area contributed by atoms with Gasteiger partial charge in [0.1, 0.15) is 5.78 Å². The molecule has 0 N–H and O–H groups in total. The Labute approximate surface area is 107 Å². The first-order valence-corrected chi connectivity index (χ1v) is 3.84. The molecule has 13 heavy (non-hydrogen) atoms. The molecule has 1 aliphatic rings. The zero-order valence-electron chi connectivity index (χ0n) is 7.41. The monoisotopic (exact) mass is 519 g/mol. The fourth-order valence-electron chi connectivity index (χ4n) is 1.31. The van der Waals surface area contributed by atoms with Gasteiger partial charge in [0.15, 0.2) is 0 Å². The Bertz CT molecular complexity index is 222. The van der Waals surface area contributed by atoms with Crippen LogP contribution in [0.2, 0.25) is 0 Å². The van der Waals surface area contributed by atoms with Crippen LogP contribution in [-0.2, 0) is 51.7 Å².